The largest absolute Gasteiger partial charge is 0.497 e. The summed E-state index contributed by atoms with van der Waals surface area (Å²) >= 11 is 2.88. The lowest BCUT2D eigenvalue weighted by Crippen LogP contribution is -2.42. The zero-order chi connectivity index (χ0) is 19.5. The minimum absolute atomic E-state index is 0.0714. The van der Waals surface area contributed by atoms with Gasteiger partial charge >= 0.3 is 0 Å². The molecule has 1 saturated heterocycles. The first-order valence-corrected chi connectivity index (χ1v) is 10.7. The summed E-state index contributed by atoms with van der Waals surface area (Å²) in [6, 6.07) is 5.82. The Morgan fingerprint density at radius 1 is 1.36 bits per heavy atom. The van der Waals surface area contributed by atoms with E-state index in [1.165, 1.54) is 23.1 Å². The van der Waals surface area contributed by atoms with Crippen LogP contribution in [-0.2, 0) is 11.8 Å². The molecule has 9 nitrogen and oxygen atoms in total. The lowest BCUT2D eigenvalue weighted by Gasteiger charge is -2.31. The van der Waals surface area contributed by atoms with E-state index in [9.17, 15) is 4.79 Å². The van der Waals surface area contributed by atoms with Gasteiger partial charge in [0.15, 0.2) is 0 Å². The van der Waals surface area contributed by atoms with E-state index in [1.54, 1.807) is 18.8 Å². The molecular formula is C17H20N6O3S2. The summed E-state index contributed by atoms with van der Waals surface area (Å²) in [5.74, 6) is 1.21. The molecule has 11 heteroatoms. The number of benzene rings is 1. The first-order chi connectivity index (χ1) is 13.6. The van der Waals surface area contributed by atoms with Crippen molar-refractivity contribution in [1.29, 1.82) is 0 Å². The molecule has 0 unspecified atom stereocenters. The third kappa shape index (κ3) is 4.20. The Kier molecular flexibility index (Phi) is 5.62. The predicted octanol–water partition coefficient (Wildman–Crippen LogP) is 1.99. The number of hydrogen-bond acceptors (Lipinski definition) is 9. The minimum atomic E-state index is 0.0714. The Balaban J connectivity index is 1.28. The SMILES string of the molecule is COc1ccc2sc(OC3CCN(C(=O)CSc4nnnn4C)CC3)nc2c1. The Labute approximate surface area is 170 Å². The summed E-state index contributed by atoms with van der Waals surface area (Å²) in [6.45, 7) is 1.36. The van der Waals surface area contributed by atoms with Crippen LogP contribution in [0.5, 0.6) is 10.9 Å². The Morgan fingerprint density at radius 2 is 2.18 bits per heavy atom. The molecule has 1 fully saturated rings. The predicted molar refractivity (Wildman–Crippen MR) is 106 cm³/mol. The second-order valence-corrected chi connectivity index (χ2v) is 8.32. The highest BCUT2D eigenvalue weighted by Crippen LogP contribution is 2.32. The number of hydrogen-bond donors (Lipinski definition) is 0. The van der Waals surface area contributed by atoms with Crippen LogP contribution in [0.3, 0.4) is 0 Å². The molecule has 28 heavy (non-hydrogen) atoms. The van der Waals surface area contributed by atoms with E-state index < -0.39 is 0 Å². The number of likely N-dealkylation sites (tertiary alicyclic amines) is 1. The Morgan fingerprint density at radius 3 is 2.89 bits per heavy atom. The average molecular weight is 421 g/mol. The molecule has 3 heterocycles. The fraction of sp³-hybridized carbons (Fsp3) is 0.471. The number of amides is 1. The van der Waals surface area contributed by atoms with Gasteiger partial charge in [0.2, 0.25) is 11.1 Å². The normalized spacial score (nSPS) is 15.1. The number of aryl methyl sites for hydroxylation is 1. The zero-order valence-electron chi connectivity index (χ0n) is 15.6. The van der Waals surface area contributed by atoms with E-state index in [0.29, 0.717) is 29.2 Å². The summed E-state index contributed by atoms with van der Waals surface area (Å²) in [4.78, 5) is 18.8. The highest BCUT2D eigenvalue weighted by Gasteiger charge is 2.25. The number of carbonyl (C=O) groups excluding carboxylic acids is 1. The van der Waals surface area contributed by atoms with Gasteiger partial charge in [-0.05, 0) is 22.6 Å². The number of thioether (sulfide) groups is 1. The summed E-state index contributed by atoms with van der Waals surface area (Å²) in [6.07, 6.45) is 1.66. The van der Waals surface area contributed by atoms with Gasteiger partial charge in [0.05, 0.1) is 23.1 Å². The quantitative estimate of drug-likeness (QED) is 0.559. The maximum atomic E-state index is 12.4. The van der Waals surface area contributed by atoms with Crippen LogP contribution in [0.1, 0.15) is 12.8 Å². The van der Waals surface area contributed by atoms with Crippen molar-refractivity contribution in [3.8, 4) is 10.9 Å². The zero-order valence-corrected chi connectivity index (χ0v) is 17.2. The van der Waals surface area contributed by atoms with Crippen LogP contribution in [0, 0.1) is 0 Å². The van der Waals surface area contributed by atoms with E-state index in [2.05, 4.69) is 20.5 Å². The highest BCUT2D eigenvalue weighted by molar-refractivity contribution is 7.99. The highest BCUT2D eigenvalue weighted by atomic mass is 32.2. The molecule has 0 bridgehead atoms. The number of rotatable bonds is 6. The summed E-state index contributed by atoms with van der Waals surface area (Å²) in [5.41, 5.74) is 0.877. The van der Waals surface area contributed by atoms with Gasteiger partial charge in [-0.3, -0.25) is 4.79 Å². The van der Waals surface area contributed by atoms with Crippen LogP contribution in [0.25, 0.3) is 10.2 Å². The third-order valence-corrected chi connectivity index (χ3v) is 6.47. The summed E-state index contributed by atoms with van der Waals surface area (Å²) in [5, 5.41) is 12.5. The maximum absolute atomic E-state index is 12.4. The van der Waals surface area contributed by atoms with E-state index in [1.807, 2.05) is 23.1 Å². The van der Waals surface area contributed by atoms with Gasteiger partial charge in [-0.25, -0.2) is 9.67 Å². The Bertz CT molecular complexity index is 967. The number of piperidine rings is 1. The number of thiazole rings is 1. The molecule has 4 rings (SSSR count). The van der Waals surface area contributed by atoms with Crippen LogP contribution in [-0.4, -0.2) is 68.1 Å². The maximum Gasteiger partial charge on any atom is 0.274 e. The van der Waals surface area contributed by atoms with Crippen LogP contribution in [0.4, 0.5) is 0 Å². The monoisotopic (exact) mass is 420 g/mol. The van der Waals surface area contributed by atoms with Crippen molar-refractivity contribution < 1.29 is 14.3 Å². The van der Waals surface area contributed by atoms with Gasteiger partial charge in [0.25, 0.3) is 5.19 Å². The number of ether oxygens (including phenoxy) is 2. The van der Waals surface area contributed by atoms with Gasteiger partial charge in [-0.1, -0.05) is 23.1 Å². The summed E-state index contributed by atoms with van der Waals surface area (Å²) in [7, 11) is 3.40. The van der Waals surface area contributed by atoms with Crippen molar-refractivity contribution >= 4 is 39.2 Å². The second kappa shape index (κ2) is 8.31. The lowest BCUT2D eigenvalue weighted by atomic mass is 10.1. The van der Waals surface area contributed by atoms with Crippen molar-refractivity contribution in [1.82, 2.24) is 30.1 Å². The molecule has 0 atom stereocenters. The fourth-order valence-electron chi connectivity index (χ4n) is 2.99. The van der Waals surface area contributed by atoms with Crippen molar-refractivity contribution in [2.75, 3.05) is 26.0 Å². The number of tetrazole rings is 1. The fourth-order valence-corrected chi connectivity index (χ4v) is 4.60. The molecule has 1 aliphatic heterocycles. The van der Waals surface area contributed by atoms with Gasteiger partial charge in [-0.2, -0.15) is 0 Å². The molecule has 3 aromatic rings. The molecule has 1 amide bonds. The molecule has 0 spiro atoms. The first kappa shape index (κ1) is 18.9. The van der Waals surface area contributed by atoms with E-state index in [-0.39, 0.29) is 12.0 Å². The molecule has 2 aromatic heterocycles. The van der Waals surface area contributed by atoms with Crippen molar-refractivity contribution in [2.24, 2.45) is 7.05 Å². The van der Waals surface area contributed by atoms with Gasteiger partial charge in [0, 0.05) is 39.0 Å². The Hall–Kier alpha value is -2.40. The first-order valence-electron chi connectivity index (χ1n) is 8.86. The molecule has 0 saturated carbocycles. The molecule has 0 radical (unpaired) electrons. The number of nitrogens with zero attached hydrogens (tertiary/aromatic N) is 6. The minimum Gasteiger partial charge on any atom is -0.497 e. The molecule has 0 N–H and O–H groups in total. The number of aromatic nitrogens is 5. The van der Waals surface area contributed by atoms with E-state index in [4.69, 9.17) is 9.47 Å². The second-order valence-electron chi connectivity index (χ2n) is 6.39. The molecule has 148 valence electrons. The van der Waals surface area contributed by atoms with E-state index >= 15 is 0 Å². The third-order valence-electron chi connectivity index (χ3n) is 4.54. The van der Waals surface area contributed by atoms with Crippen molar-refractivity contribution in [2.45, 2.75) is 24.1 Å². The van der Waals surface area contributed by atoms with E-state index in [0.717, 1.165) is 28.8 Å². The van der Waals surface area contributed by atoms with Crippen LogP contribution < -0.4 is 9.47 Å². The van der Waals surface area contributed by atoms with Gasteiger partial charge < -0.3 is 14.4 Å². The van der Waals surface area contributed by atoms with Crippen LogP contribution in [0.2, 0.25) is 0 Å². The molecule has 1 aromatic carbocycles. The van der Waals surface area contributed by atoms with Crippen LogP contribution in [0.15, 0.2) is 23.4 Å². The van der Waals surface area contributed by atoms with Crippen LogP contribution >= 0.6 is 23.1 Å². The average Bonchev–Trinajstić information content (AvgIpc) is 3.31. The smallest absolute Gasteiger partial charge is 0.274 e. The molecular weight excluding hydrogens is 400 g/mol. The number of carbonyl (C=O) groups is 1. The molecule has 1 aliphatic rings. The van der Waals surface area contributed by atoms with Crippen molar-refractivity contribution in [3.05, 3.63) is 18.2 Å². The number of fused-ring (bicyclic) bond motifs is 1. The standard InChI is InChI=1S/C17H20N6O3S2/c1-22-16(19-20-21-22)27-10-15(24)23-7-5-11(6-8-23)26-17-18-13-9-12(25-2)3-4-14(13)28-17/h3-4,9,11H,5-8,10H2,1-2H3. The lowest BCUT2D eigenvalue weighted by molar-refractivity contribution is -0.130. The van der Waals surface area contributed by atoms with Gasteiger partial charge in [-0.15, -0.1) is 5.10 Å². The topological polar surface area (TPSA) is 95.3 Å². The summed E-state index contributed by atoms with van der Waals surface area (Å²) < 4.78 is 13.9. The van der Waals surface area contributed by atoms with Crippen molar-refractivity contribution in [3.63, 3.8) is 0 Å². The number of methoxy groups -OCH3 is 1. The molecule has 0 aliphatic carbocycles. The van der Waals surface area contributed by atoms with Gasteiger partial charge in [0.1, 0.15) is 11.9 Å².